The molecule has 0 aromatic heterocycles. The summed E-state index contributed by atoms with van der Waals surface area (Å²) in [4.78, 5) is 2.39. The molecule has 1 saturated heterocycles. The molecule has 134 valence electrons. The van der Waals surface area contributed by atoms with Crippen LogP contribution in [0.4, 0.5) is 5.69 Å². The Labute approximate surface area is 158 Å². The molecule has 0 bridgehead atoms. The van der Waals surface area contributed by atoms with E-state index in [9.17, 15) is 8.42 Å². The van der Waals surface area contributed by atoms with Crippen LogP contribution in [0, 0.1) is 0 Å². The van der Waals surface area contributed by atoms with Gasteiger partial charge in [-0.05, 0) is 48.9 Å². The monoisotopic (exact) mass is 398 g/mol. The first kappa shape index (κ1) is 18.5. The second-order valence-electron chi connectivity index (χ2n) is 6.26. The van der Waals surface area contributed by atoms with Crippen molar-refractivity contribution in [2.75, 3.05) is 24.4 Å². The quantitative estimate of drug-likeness (QED) is 0.772. The highest BCUT2D eigenvalue weighted by molar-refractivity contribution is 7.92. The van der Waals surface area contributed by atoms with Crippen LogP contribution in [-0.4, -0.2) is 33.0 Å². The molecule has 0 aliphatic carbocycles. The molecule has 2 aromatic rings. The summed E-state index contributed by atoms with van der Waals surface area (Å²) in [5.74, 6) is 0.527. The van der Waals surface area contributed by atoms with Crippen molar-refractivity contribution in [2.45, 2.75) is 24.2 Å². The van der Waals surface area contributed by atoms with Gasteiger partial charge in [0.2, 0.25) is 0 Å². The van der Waals surface area contributed by atoms with E-state index >= 15 is 0 Å². The Morgan fingerprint density at radius 1 is 1.12 bits per heavy atom. The summed E-state index contributed by atoms with van der Waals surface area (Å²) < 4.78 is 27.6. The van der Waals surface area contributed by atoms with Gasteiger partial charge in [0.15, 0.2) is 0 Å². The largest absolute Gasteiger partial charge is 0.302 e. The fourth-order valence-corrected chi connectivity index (χ4v) is 4.82. The van der Waals surface area contributed by atoms with Crippen LogP contribution in [0.3, 0.4) is 0 Å². The molecule has 1 aliphatic heterocycles. The minimum absolute atomic E-state index is 0.0278. The molecule has 1 heterocycles. The molecule has 1 fully saturated rings. The normalized spacial score (nSPS) is 15.8. The van der Waals surface area contributed by atoms with Gasteiger partial charge in [-0.1, -0.05) is 42.3 Å². The van der Waals surface area contributed by atoms with Gasteiger partial charge in [0.05, 0.1) is 5.02 Å². The molecular weight excluding hydrogens is 379 g/mol. The lowest BCUT2D eigenvalue weighted by Crippen LogP contribution is -2.45. The number of rotatable bonds is 6. The Morgan fingerprint density at radius 2 is 1.80 bits per heavy atom. The number of nitrogens with one attached hydrogen (secondary N) is 1. The van der Waals surface area contributed by atoms with Crippen LogP contribution in [0.15, 0.2) is 47.4 Å². The van der Waals surface area contributed by atoms with Crippen LogP contribution in [0.1, 0.15) is 24.8 Å². The number of benzene rings is 2. The highest BCUT2D eigenvalue weighted by Gasteiger charge is 2.27. The molecule has 25 heavy (non-hydrogen) atoms. The van der Waals surface area contributed by atoms with Gasteiger partial charge in [0.25, 0.3) is 10.0 Å². The molecule has 0 spiro atoms. The van der Waals surface area contributed by atoms with Crippen molar-refractivity contribution in [1.82, 2.24) is 4.90 Å². The molecule has 4 nitrogen and oxygen atoms in total. The van der Waals surface area contributed by atoms with Gasteiger partial charge in [-0.25, -0.2) is 8.42 Å². The molecule has 0 saturated carbocycles. The summed E-state index contributed by atoms with van der Waals surface area (Å²) >= 11 is 11.9. The van der Waals surface area contributed by atoms with Crippen molar-refractivity contribution in [2.24, 2.45) is 0 Å². The fourth-order valence-electron chi connectivity index (χ4n) is 3.00. The lowest BCUT2D eigenvalue weighted by atomic mass is 9.91. The lowest BCUT2D eigenvalue weighted by molar-refractivity contribution is 0.149. The number of hydrogen-bond donors (Lipinski definition) is 1. The van der Waals surface area contributed by atoms with Crippen molar-refractivity contribution < 1.29 is 8.42 Å². The zero-order valence-corrected chi connectivity index (χ0v) is 16.2. The van der Waals surface area contributed by atoms with Gasteiger partial charge in [0, 0.05) is 29.7 Å². The van der Waals surface area contributed by atoms with Gasteiger partial charge in [-0.2, -0.15) is 0 Å². The van der Waals surface area contributed by atoms with Crippen LogP contribution in [0.25, 0.3) is 0 Å². The summed E-state index contributed by atoms with van der Waals surface area (Å²) in [5, 5.41) is 0.459. The van der Waals surface area contributed by atoms with Crippen molar-refractivity contribution in [1.29, 1.82) is 0 Å². The topological polar surface area (TPSA) is 49.4 Å². The minimum atomic E-state index is -3.78. The second-order valence-corrected chi connectivity index (χ2v) is 8.75. The van der Waals surface area contributed by atoms with Crippen LogP contribution in [-0.2, 0) is 10.0 Å². The molecule has 0 unspecified atom stereocenters. The predicted molar refractivity (Wildman–Crippen MR) is 103 cm³/mol. The first-order valence-corrected chi connectivity index (χ1v) is 10.4. The van der Waals surface area contributed by atoms with Crippen molar-refractivity contribution in [3.8, 4) is 0 Å². The Balaban J connectivity index is 1.70. The maximum Gasteiger partial charge on any atom is 0.263 e. The summed E-state index contributed by atoms with van der Waals surface area (Å²) in [6, 6.07) is 11.9. The fraction of sp³-hybridized carbons (Fsp3) is 0.333. The van der Waals surface area contributed by atoms with Crippen LogP contribution >= 0.6 is 23.2 Å². The first-order chi connectivity index (χ1) is 11.9. The average Bonchev–Trinajstić information content (AvgIpc) is 2.53. The second kappa shape index (κ2) is 7.54. The molecule has 2 aromatic carbocycles. The van der Waals surface area contributed by atoms with E-state index in [0.29, 0.717) is 16.6 Å². The molecule has 0 amide bonds. The smallest absolute Gasteiger partial charge is 0.263 e. The number of nitrogens with zero attached hydrogens (tertiary/aromatic N) is 1. The maximum atomic E-state index is 12.5. The minimum Gasteiger partial charge on any atom is -0.302 e. The Hall–Kier alpha value is -1.27. The van der Waals surface area contributed by atoms with E-state index in [2.05, 4.69) is 16.5 Å². The van der Waals surface area contributed by atoms with E-state index < -0.39 is 10.0 Å². The van der Waals surface area contributed by atoms with Crippen LogP contribution in [0.5, 0.6) is 0 Å². The molecule has 1 N–H and O–H groups in total. The van der Waals surface area contributed by atoms with Crippen molar-refractivity contribution in [3.63, 3.8) is 0 Å². The first-order valence-electron chi connectivity index (χ1n) is 8.19. The Bertz CT molecular complexity index is 848. The number of hydrogen-bond acceptors (Lipinski definition) is 3. The van der Waals surface area contributed by atoms with Gasteiger partial charge in [-0.3, -0.25) is 4.72 Å². The molecule has 1 aliphatic rings. The van der Waals surface area contributed by atoms with Crippen molar-refractivity contribution in [3.05, 3.63) is 58.1 Å². The van der Waals surface area contributed by atoms with Crippen molar-refractivity contribution >= 4 is 38.9 Å². The maximum absolute atomic E-state index is 12.5. The zero-order chi connectivity index (χ0) is 18.0. The number of likely N-dealkylation sites (tertiary alicyclic amines) is 1. The van der Waals surface area contributed by atoms with Crippen LogP contribution in [0.2, 0.25) is 10.0 Å². The highest BCUT2D eigenvalue weighted by atomic mass is 35.5. The van der Waals surface area contributed by atoms with Gasteiger partial charge in [-0.15, -0.1) is 0 Å². The SMILES string of the molecule is CCCN1CC(c2ccc(NS(=O)(=O)c3cc(Cl)ccc3Cl)cc2)C1. The highest BCUT2D eigenvalue weighted by Crippen LogP contribution is 2.30. The molecule has 3 rings (SSSR count). The van der Waals surface area contributed by atoms with Gasteiger partial charge >= 0.3 is 0 Å². The van der Waals surface area contributed by atoms with E-state index in [0.717, 1.165) is 19.6 Å². The Kier molecular flexibility index (Phi) is 5.58. The number of sulfonamides is 1. The number of halogens is 2. The standard InChI is InChI=1S/C18H20Cl2N2O2S/c1-2-9-22-11-14(12-22)13-3-6-16(7-4-13)21-25(23,24)18-10-15(19)5-8-17(18)20/h3-8,10,14,21H,2,9,11-12H2,1H3. The van der Waals surface area contributed by atoms with E-state index in [1.165, 1.54) is 24.1 Å². The predicted octanol–water partition coefficient (Wildman–Crippen LogP) is 4.60. The summed E-state index contributed by atoms with van der Waals surface area (Å²) in [5.41, 5.74) is 1.74. The average molecular weight is 399 g/mol. The van der Waals surface area contributed by atoms with E-state index in [-0.39, 0.29) is 9.92 Å². The van der Waals surface area contributed by atoms with E-state index in [1.54, 1.807) is 18.2 Å². The third kappa shape index (κ3) is 4.29. The molecule has 0 atom stereocenters. The molecule has 7 heteroatoms. The van der Waals surface area contributed by atoms with E-state index in [1.807, 2.05) is 12.1 Å². The molecule has 0 radical (unpaired) electrons. The number of anilines is 1. The lowest BCUT2D eigenvalue weighted by Gasteiger charge is -2.39. The zero-order valence-electron chi connectivity index (χ0n) is 13.9. The third-order valence-electron chi connectivity index (χ3n) is 4.31. The van der Waals surface area contributed by atoms with Gasteiger partial charge in [0.1, 0.15) is 4.90 Å². The van der Waals surface area contributed by atoms with Crippen LogP contribution < -0.4 is 4.72 Å². The van der Waals surface area contributed by atoms with E-state index in [4.69, 9.17) is 23.2 Å². The third-order valence-corrected chi connectivity index (χ3v) is 6.41. The summed E-state index contributed by atoms with van der Waals surface area (Å²) in [7, 11) is -3.78. The summed E-state index contributed by atoms with van der Waals surface area (Å²) in [6.07, 6.45) is 1.17. The molecular formula is C18H20Cl2N2O2S. The summed E-state index contributed by atoms with van der Waals surface area (Å²) in [6.45, 7) is 5.45. The Morgan fingerprint density at radius 3 is 2.44 bits per heavy atom. The van der Waals surface area contributed by atoms with Gasteiger partial charge < -0.3 is 4.90 Å².